The van der Waals surface area contributed by atoms with Crippen LogP contribution >= 0.6 is 11.6 Å². The average Bonchev–Trinajstić information content (AvgIpc) is 2.30. The fourth-order valence-corrected chi connectivity index (χ4v) is 1.64. The molecule has 0 aliphatic heterocycles. The van der Waals surface area contributed by atoms with E-state index in [9.17, 15) is 4.39 Å². The maximum Gasteiger partial charge on any atom is 0.166 e. The second-order valence-corrected chi connectivity index (χ2v) is 4.27. The van der Waals surface area contributed by atoms with Crippen LogP contribution < -0.4 is 10.1 Å². The number of rotatable bonds is 8. The molecular weight excluding hydrogens is 241 g/mol. The van der Waals surface area contributed by atoms with E-state index >= 15 is 0 Å². The van der Waals surface area contributed by atoms with Gasteiger partial charge >= 0.3 is 0 Å². The summed E-state index contributed by atoms with van der Waals surface area (Å²) in [6.45, 7) is 4.68. The quantitative estimate of drug-likeness (QED) is 0.720. The number of unbranched alkanes of at least 4 members (excludes halogenated alkanes) is 2. The summed E-state index contributed by atoms with van der Waals surface area (Å²) in [6, 6.07) is 4.46. The summed E-state index contributed by atoms with van der Waals surface area (Å²) in [6.07, 6.45) is 3.15. The minimum absolute atomic E-state index is 0.279. The van der Waals surface area contributed by atoms with Crippen molar-refractivity contribution in [1.29, 1.82) is 0 Å². The molecule has 0 heterocycles. The molecule has 0 unspecified atom stereocenters. The Morgan fingerprint density at radius 1 is 1.29 bits per heavy atom. The monoisotopic (exact) mass is 259 g/mol. The van der Waals surface area contributed by atoms with Gasteiger partial charge < -0.3 is 10.1 Å². The smallest absolute Gasteiger partial charge is 0.166 e. The van der Waals surface area contributed by atoms with E-state index in [4.69, 9.17) is 16.3 Å². The molecule has 0 aromatic heterocycles. The first-order chi connectivity index (χ1) is 8.24. The molecule has 1 N–H and O–H groups in total. The van der Waals surface area contributed by atoms with Crippen LogP contribution in [0.3, 0.4) is 0 Å². The lowest BCUT2D eigenvalue weighted by molar-refractivity contribution is 0.290. The molecule has 0 spiro atoms. The number of halogens is 2. The van der Waals surface area contributed by atoms with Crippen molar-refractivity contribution in [3.8, 4) is 5.75 Å². The van der Waals surface area contributed by atoms with Crippen LogP contribution in [0, 0.1) is 5.82 Å². The fourth-order valence-electron chi connectivity index (χ4n) is 1.48. The van der Waals surface area contributed by atoms with E-state index in [1.165, 1.54) is 6.07 Å². The minimum Gasteiger partial charge on any atom is -0.491 e. The van der Waals surface area contributed by atoms with Crippen LogP contribution in [0.25, 0.3) is 0 Å². The average molecular weight is 260 g/mol. The molecule has 0 atom stereocenters. The van der Waals surface area contributed by atoms with Gasteiger partial charge in [0.05, 0.1) is 6.61 Å². The Bertz CT molecular complexity index is 333. The maximum atomic E-state index is 13.3. The molecule has 0 fully saturated rings. The molecule has 1 rings (SSSR count). The van der Waals surface area contributed by atoms with E-state index < -0.39 is 5.82 Å². The fraction of sp³-hybridized carbons (Fsp3) is 0.538. The van der Waals surface area contributed by atoms with E-state index in [-0.39, 0.29) is 5.75 Å². The van der Waals surface area contributed by atoms with Crippen molar-refractivity contribution in [2.45, 2.75) is 26.2 Å². The molecule has 0 saturated heterocycles. The van der Waals surface area contributed by atoms with Gasteiger partial charge in [0, 0.05) is 5.02 Å². The zero-order valence-electron chi connectivity index (χ0n) is 10.1. The van der Waals surface area contributed by atoms with Crippen molar-refractivity contribution in [2.24, 2.45) is 0 Å². The van der Waals surface area contributed by atoms with Crippen molar-refractivity contribution in [3.05, 3.63) is 29.0 Å². The first-order valence-electron chi connectivity index (χ1n) is 6.02. The summed E-state index contributed by atoms with van der Waals surface area (Å²) in [5, 5.41) is 3.65. The molecule has 4 heteroatoms. The second kappa shape index (κ2) is 8.31. The van der Waals surface area contributed by atoms with Crippen molar-refractivity contribution in [3.63, 3.8) is 0 Å². The van der Waals surface area contributed by atoms with Gasteiger partial charge in [0.15, 0.2) is 11.6 Å². The summed E-state index contributed by atoms with van der Waals surface area (Å²) in [5.74, 6) is -0.119. The Labute approximate surface area is 107 Å². The normalized spacial score (nSPS) is 10.5. The topological polar surface area (TPSA) is 21.3 Å². The molecular formula is C13H19ClFNO. The van der Waals surface area contributed by atoms with Crippen LogP contribution in [-0.4, -0.2) is 19.7 Å². The number of hydrogen-bond acceptors (Lipinski definition) is 2. The Morgan fingerprint density at radius 2 is 2.12 bits per heavy atom. The summed E-state index contributed by atoms with van der Waals surface area (Å²) >= 11 is 5.65. The molecule has 0 amide bonds. The van der Waals surface area contributed by atoms with Gasteiger partial charge in [-0.3, -0.25) is 0 Å². The van der Waals surface area contributed by atoms with E-state index in [1.54, 1.807) is 12.1 Å². The Balaban J connectivity index is 2.14. The largest absolute Gasteiger partial charge is 0.491 e. The number of ether oxygens (including phenoxy) is 1. The van der Waals surface area contributed by atoms with Gasteiger partial charge in [0.1, 0.15) is 0 Å². The molecule has 0 aliphatic rings. The Morgan fingerprint density at radius 3 is 2.82 bits per heavy atom. The molecule has 2 nitrogen and oxygen atoms in total. The third-order valence-electron chi connectivity index (χ3n) is 2.40. The Hall–Kier alpha value is -0.800. The zero-order valence-corrected chi connectivity index (χ0v) is 10.9. The molecule has 0 bridgehead atoms. The van der Waals surface area contributed by atoms with Gasteiger partial charge in [-0.2, -0.15) is 0 Å². The summed E-state index contributed by atoms with van der Waals surface area (Å²) < 4.78 is 18.7. The zero-order chi connectivity index (χ0) is 12.5. The van der Waals surface area contributed by atoms with E-state index in [1.807, 2.05) is 0 Å². The van der Waals surface area contributed by atoms with Gasteiger partial charge in [-0.25, -0.2) is 4.39 Å². The third kappa shape index (κ3) is 5.89. The first-order valence-corrected chi connectivity index (χ1v) is 6.40. The lowest BCUT2D eigenvalue weighted by atomic mass is 10.2. The molecule has 96 valence electrons. The summed E-state index contributed by atoms with van der Waals surface area (Å²) in [4.78, 5) is 0. The van der Waals surface area contributed by atoms with Crippen LogP contribution in [0.2, 0.25) is 5.02 Å². The van der Waals surface area contributed by atoms with Crippen LogP contribution in [0.5, 0.6) is 5.75 Å². The molecule has 1 aromatic rings. The number of benzene rings is 1. The van der Waals surface area contributed by atoms with Crippen molar-refractivity contribution >= 4 is 11.6 Å². The molecule has 0 aliphatic carbocycles. The predicted molar refractivity (Wildman–Crippen MR) is 69.3 cm³/mol. The second-order valence-electron chi connectivity index (χ2n) is 3.84. The van der Waals surface area contributed by atoms with Crippen LogP contribution in [0.15, 0.2) is 18.2 Å². The van der Waals surface area contributed by atoms with Crippen LogP contribution in [-0.2, 0) is 0 Å². The summed E-state index contributed by atoms with van der Waals surface area (Å²) in [7, 11) is 0. The highest BCUT2D eigenvalue weighted by Crippen LogP contribution is 2.21. The van der Waals surface area contributed by atoms with Crippen LogP contribution in [0.1, 0.15) is 26.2 Å². The molecule has 0 saturated carbocycles. The van der Waals surface area contributed by atoms with Gasteiger partial charge in [-0.15, -0.1) is 0 Å². The van der Waals surface area contributed by atoms with E-state index in [0.717, 1.165) is 32.4 Å². The van der Waals surface area contributed by atoms with Gasteiger partial charge in [0.25, 0.3) is 0 Å². The molecule has 0 radical (unpaired) electrons. The van der Waals surface area contributed by atoms with Gasteiger partial charge in [0.2, 0.25) is 0 Å². The predicted octanol–water partition coefficient (Wildman–Crippen LogP) is 3.64. The number of nitrogens with one attached hydrogen (secondary N) is 1. The number of hydrogen-bond donors (Lipinski definition) is 1. The van der Waals surface area contributed by atoms with Gasteiger partial charge in [-0.05, 0) is 50.6 Å². The minimum atomic E-state index is -0.398. The Kier molecular flexibility index (Phi) is 6.97. The lowest BCUT2D eigenvalue weighted by Crippen LogP contribution is -2.14. The van der Waals surface area contributed by atoms with Crippen LogP contribution in [0.4, 0.5) is 4.39 Å². The molecule has 1 aromatic carbocycles. The standard InChI is InChI=1S/C13H19ClFNO/c1-2-16-8-4-3-5-9-17-13-7-6-11(14)10-12(13)15/h6-7,10,16H,2-5,8-9H2,1H3. The van der Waals surface area contributed by atoms with Crippen molar-refractivity contribution in [1.82, 2.24) is 5.32 Å². The van der Waals surface area contributed by atoms with E-state index in [0.29, 0.717) is 11.6 Å². The SMILES string of the molecule is CCNCCCCCOc1ccc(Cl)cc1F. The molecule has 17 heavy (non-hydrogen) atoms. The highest BCUT2D eigenvalue weighted by molar-refractivity contribution is 6.30. The van der Waals surface area contributed by atoms with E-state index in [2.05, 4.69) is 12.2 Å². The summed E-state index contributed by atoms with van der Waals surface area (Å²) in [5.41, 5.74) is 0. The lowest BCUT2D eigenvalue weighted by Gasteiger charge is -2.07. The van der Waals surface area contributed by atoms with Crippen molar-refractivity contribution in [2.75, 3.05) is 19.7 Å². The highest BCUT2D eigenvalue weighted by atomic mass is 35.5. The van der Waals surface area contributed by atoms with Crippen molar-refractivity contribution < 1.29 is 9.13 Å². The van der Waals surface area contributed by atoms with Gasteiger partial charge in [-0.1, -0.05) is 18.5 Å². The first kappa shape index (κ1) is 14.3. The highest BCUT2D eigenvalue weighted by Gasteiger charge is 2.03. The third-order valence-corrected chi connectivity index (χ3v) is 2.63. The maximum absolute atomic E-state index is 13.3.